The van der Waals surface area contributed by atoms with Gasteiger partial charge in [-0.15, -0.1) is 0 Å². The Kier molecular flexibility index (Phi) is 4.01. The van der Waals surface area contributed by atoms with Crippen LogP contribution in [0.25, 0.3) is 0 Å². The third-order valence-electron chi connectivity index (χ3n) is 3.05. The number of hydrogen-bond acceptors (Lipinski definition) is 2. The molecule has 18 heavy (non-hydrogen) atoms. The molecule has 2 unspecified atom stereocenters. The average Bonchev–Trinajstić information content (AvgIpc) is 3.09. The van der Waals surface area contributed by atoms with Crippen LogP contribution >= 0.6 is 15.9 Å². The number of carbonyl (C=O) groups is 2. The Balaban J connectivity index is 1.73. The van der Waals surface area contributed by atoms with Crippen molar-refractivity contribution >= 4 is 27.8 Å². The van der Waals surface area contributed by atoms with E-state index in [1.54, 1.807) is 0 Å². The Morgan fingerprint density at radius 2 is 2.17 bits per heavy atom. The minimum absolute atomic E-state index is 0.141. The highest BCUT2D eigenvalue weighted by atomic mass is 79.9. The lowest BCUT2D eigenvalue weighted by Crippen LogP contribution is -2.28. The number of amides is 1. The predicted octanol–water partition coefficient (Wildman–Crippen LogP) is 1.83. The van der Waals surface area contributed by atoms with E-state index in [2.05, 4.69) is 21.2 Å². The molecule has 0 saturated heterocycles. The first-order valence-corrected chi connectivity index (χ1v) is 6.62. The predicted molar refractivity (Wildman–Crippen MR) is 70.1 cm³/mol. The number of nitrogens with one attached hydrogen (secondary N) is 1. The molecule has 0 aromatic heterocycles. The molecule has 1 aromatic carbocycles. The van der Waals surface area contributed by atoms with Crippen LogP contribution in [0.2, 0.25) is 0 Å². The van der Waals surface area contributed by atoms with Gasteiger partial charge in [0.2, 0.25) is 5.91 Å². The molecule has 96 valence electrons. The summed E-state index contributed by atoms with van der Waals surface area (Å²) >= 11 is 3.39. The number of hydrogen-bond donors (Lipinski definition) is 2. The summed E-state index contributed by atoms with van der Waals surface area (Å²) in [5.74, 6) is -1.82. The molecule has 4 nitrogen and oxygen atoms in total. The molecule has 2 rings (SSSR count). The van der Waals surface area contributed by atoms with Crippen LogP contribution in [0.3, 0.4) is 0 Å². The maximum Gasteiger partial charge on any atom is 0.307 e. The quantitative estimate of drug-likeness (QED) is 0.872. The van der Waals surface area contributed by atoms with Crippen LogP contribution in [0.4, 0.5) is 0 Å². The van der Waals surface area contributed by atoms with Gasteiger partial charge in [-0.3, -0.25) is 9.59 Å². The maximum absolute atomic E-state index is 11.6. The van der Waals surface area contributed by atoms with Crippen molar-refractivity contribution in [1.82, 2.24) is 5.32 Å². The molecule has 1 aliphatic carbocycles. The summed E-state index contributed by atoms with van der Waals surface area (Å²) in [6.45, 7) is 0.540. The average molecular weight is 312 g/mol. The first-order valence-electron chi connectivity index (χ1n) is 5.83. The number of carboxylic acids is 1. The highest BCUT2D eigenvalue weighted by Gasteiger charge is 2.48. The standard InChI is InChI=1S/C13H14BrNO3/c14-9-3-1-2-8(6-9)4-5-15-12(16)10-7-11(10)13(17)18/h1-3,6,10-11H,4-5,7H2,(H,15,16)(H,17,18). The Hall–Kier alpha value is -1.36. The van der Waals surface area contributed by atoms with E-state index in [0.29, 0.717) is 13.0 Å². The SMILES string of the molecule is O=C(O)C1CC1C(=O)NCCc1cccc(Br)c1. The normalized spacial score (nSPS) is 21.4. The minimum atomic E-state index is -0.873. The summed E-state index contributed by atoms with van der Waals surface area (Å²) in [4.78, 5) is 22.2. The van der Waals surface area contributed by atoms with Gasteiger partial charge in [0.25, 0.3) is 0 Å². The third kappa shape index (κ3) is 3.32. The van der Waals surface area contributed by atoms with Crippen LogP contribution < -0.4 is 5.32 Å². The van der Waals surface area contributed by atoms with Gasteiger partial charge in [-0.2, -0.15) is 0 Å². The summed E-state index contributed by atoms with van der Waals surface area (Å²) < 4.78 is 1.01. The molecular formula is C13H14BrNO3. The summed E-state index contributed by atoms with van der Waals surface area (Å²) in [6.07, 6.45) is 1.22. The molecule has 2 N–H and O–H groups in total. The van der Waals surface area contributed by atoms with Crippen LogP contribution in [-0.4, -0.2) is 23.5 Å². The van der Waals surface area contributed by atoms with Crippen LogP contribution in [0.1, 0.15) is 12.0 Å². The fourth-order valence-electron chi connectivity index (χ4n) is 1.91. The molecule has 2 atom stereocenters. The molecule has 0 bridgehead atoms. The van der Waals surface area contributed by atoms with Crippen molar-refractivity contribution in [2.24, 2.45) is 11.8 Å². The minimum Gasteiger partial charge on any atom is -0.481 e. The smallest absolute Gasteiger partial charge is 0.307 e. The van der Waals surface area contributed by atoms with Gasteiger partial charge in [-0.25, -0.2) is 0 Å². The second-order valence-corrected chi connectivity index (χ2v) is 5.37. The Bertz CT molecular complexity index is 475. The van der Waals surface area contributed by atoms with Gasteiger partial charge in [0.05, 0.1) is 11.8 Å². The zero-order valence-electron chi connectivity index (χ0n) is 9.73. The van der Waals surface area contributed by atoms with E-state index in [0.717, 1.165) is 16.5 Å². The topological polar surface area (TPSA) is 66.4 Å². The summed E-state index contributed by atoms with van der Waals surface area (Å²) in [5, 5.41) is 11.5. The number of aliphatic carboxylic acids is 1. The lowest BCUT2D eigenvalue weighted by atomic mass is 10.1. The second-order valence-electron chi connectivity index (χ2n) is 4.46. The number of rotatable bonds is 5. The van der Waals surface area contributed by atoms with Crippen molar-refractivity contribution < 1.29 is 14.7 Å². The summed E-state index contributed by atoms with van der Waals surface area (Å²) in [5.41, 5.74) is 1.13. The molecule has 1 saturated carbocycles. The van der Waals surface area contributed by atoms with Crippen molar-refractivity contribution in [3.63, 3.8) is 0 Å². The van der Waals surface area contributed by atoms with Crippen LogP contribution in [-0.2, 0) is 16.0 Å². The van der Waals surface area contributed by atoms with Crippen LogP contribution in [0, 0.1) is 11.8 Å². The number of halogens is 1. The summed E-state index contributed by atoms with van der Waals surface area (Å²) in [7, 11) is 0. The van der Waals surface area contributed by atoms with Crippen molar-refractivity contribution in [2.45, 2.75) is 12.8 Å². The molecule has 0 heterocycles. The van der Waals surface area contributed by atoms with Gasteiger partial charge in [-0.05, 0) is 30.5 Å². The molecular weight excluding hydrogens is 298 g/mol. The van der Waals surface area contributed by atoms with Gasteiger partial charge < -0.3 is 10.4 Å². The van der Waals surface area contributed by atoms with E-state index < -0.39 is 11.9 Å². The van der Waals surface area contributed by atoms with E-state index in [1.807, 2.05) is 24.3 Å². The van der Waals surface area contributed by atoms with E-state index in [1.165, 1.54) is 0 Å². The first-order chi connectivity index (χ1) is 8.58. The monoisotopic (exact) mass is 311 g/mol. The molecule has 5 heteroatoms. The Labute approximate surface area is 114 Å². The zero-order valence-corrected chi connectivity index (χ0v) is 11.3. The third-order valence-corrected chi connectivity index (χ3v) is 3.54. The van der Waals surface area contributed by atoms with Crippen molar-refractivity contribution in [2.75, 3.05) is 6.54 Å². The Morgan fingerprint density at radius 3 is 2.78 bits per heavy atom. The van der Waals surface area contributed by atoms with Crippen molar-refractivity contribution in [3.05, 3.63) is 34.3 Å². The van der Waals surface area contributed by atoms with Crippen LogP contribution in [0.5, 0.6) is 0 Å². The molecule has 1 amide bonds. The molecule has 1 aliphatic rings. The van der Waals surface area contributed by atoms with E-state index in [4.69, 9.17) is 5.11 Å². The van der Waals surface area contributed by atoms with Gasteiger partial charge in [0.15, 0.2) is 0 Å². The lowest BCUT2D eigenvalue weighted by molar-refractivity contribution is -0.140. The van der Waals surface area contributed by atoms with E-state index >= 15 is 0 Å². The van der Waals surface area contributed by atoms with Crippen LogP contribution in [0.15, 0.2) is 28.7 Å². The zero-order chi connectivity index (χ0) is 13.1. The van der Waals surface area contributed by atoms with E-state index in [-0.39, 0.29) is 11.8 Å². The fraction of sp³-hybridized carbons (Fsp3) is 0.385. The second kappa shape index (κ2) is 5.52. The fourth-order valence-corrected chi connectivity index (χ4v) is 2.36. The lowest BCUT2D eigenvalue weighted by Gasteiger charge is -2.05. The summed E-state index contributed by atoms with van der Waals surface area (Å²) in [6, 6.07) is 7.89. The number of benzene rings is 1. The highest BCUT2D eigenvalue weighted by molar-refractivity contribution is 9.10. The van der Waals surface area contributed by atoms with E-state index in [9.17, 15) is 9.59 Å². The Morgan fingerprint density at radius 1 is 1.39 bits per heavy atom. The maximum atomic E-state index is 11.6. The number of carbonyl (C=O) groups excluding carboxylic acids is 1. The molecule has 1 fully saturated rings. The molecule has 1 aromatic rings. The largest absolute Gasteiger partial charge is 0.481 e. The van der Waals surface area contributed by atoms with Crippen molar-refractivity contribution in [1.29, 1.82) is 0 Å². The molecule has 0 spiro atoms. The van der Waals surface area contributed by atoms with Gasteiger partial charge in [-0.1, -0.05) is 28.1 Å². The highest BCUT2D eigenvalue weighted by Crippen LogP contribution is 2.38. The van der Waals surface area contributed by atoms with Gasteiger partial charge in [0.1, 0.15) is 0 Å². The molecule has 0 radical (unpaired) electrons. The molecule has 0 aliphatic heterocycles. The van der Waals surface area contributed by atoms with Gasteiger partial charge in [0, 0.05) is 11.0 Å². The van der Waals surface area contributed by atoms with Gasteiger partial charge >= 0.3 is 5.97 Å². The van der Waals surface area contributed by atoms with Crippen molar-refractivity contribution in [3.8, 4) is 0 Å². The number of carboxylic acid groups (broad SMARTS) is 1. The first kappa shape index (κ1) is 13.1.